The smallest absolute Gasteiger partial charge is 0.316 e. The van der Waals surface area contributed by atoms with Crippen LogP contribution in [0.3, 0.4) is 0 Å². The van der Waals surface area contributed by atoms with E-state index in [0.717, 1.165) is 0 Å². The van der Waals surface area contributed by atoms with E-state index in [1.807, 2.05) is 6.92 Å². The molecule has 0 fully saturated rings. The summed E-state index contributed by atoms with van der Waals surface area (Å²) in [4.78, 5) is 12.9. The maximum Gasteiger partial charge on any atom is 0.316 e. The Hall–Kier alpha value is -1.80. The van der Waals surface area contributed by atoms with Gasteiger partial charge in [0.05, 0.1) is 5.69 Å². The van der Waals surface area contributed by atoms with Crippen molar-refractivity contribution in [2.24, 2.45) is 0 Å². The van der Waals surface area contributed by atoms with Gasteiger partial charge in [-0.3, -0.25) is 0 Å². The van der Waals surface area contributed by atoms with E-state index in [-0.39, 0.29) is 24.0 Å². The Kier molecular flexibility index (Phi) is 6.44. The van der Waals surface area contributed by atoms with Crippen molar-refractivity contribution in [3.05, 3.63) is 24.3 Å². The zero-order valence-corrected chi connectivity index (χ0v) is 13.3. The monoisotopic (exact) mass is 314 g/mol. The van der Waals surface area contributed by atoms with Crippen LogP contribution in [0, 0.1) is 0 Å². The molecule has 8 heteroatoms. The van der Waals surface area contributed by atoms with Crippen molar-refractivity contribution in [2.75, 3.05) is 39.0 Å². The van der Waals surface area contributed by atoms with Gasteiger partial charge in [-0.1, -0.05) is 12.1 Å². The molecule has 0 bridgehead atoms. The molecule has 0 saturated heterocycles. The summed E-state index contributed by atoms with van der Waals surface area (Å²) in [6.45, 7) is 2.88. The number of anilines is 1. The summed E-state index contributed by atoms with van der Waals surface area (Å²) < 4.78 is 26.9. The third-order valence-electron chi connectivity index (χ3n) is 2.64. The molecule has 0 radical (unpaired) electrons. The van der Waals surface area contributed by atoms with Gasteiger partial charge in [0.2, 0.25) is 10.0 Å². The first-order valence-electron chi connectivity index (χ1n) is 6.66. The van der Waals surface area contributed by atoms with Gasteiger partial charge in [-0.15, -0.1) is 0 Å². The minimum Gasteiger partial charge on any atom is -0.384 e. The molecule has 2 amide bonds. The van der Waals surface area contributed by atoms with Crippen molar-refractivity contribution in [2.45, 2.75) is 11.8 Å². The van der Waals surface area contributed by atoms with Crippen molar-refractivity contribution in [1.29, 1.82) is 0 Å². The number of hydrogen-bond donors (Lipinski definition) is 3. The Morgan fingerprint density at radius 1 is 1.19 bits per heavy atom. The highest BCUT2D eigenvalue weighted by Gasteiger charge is 2.17. The van der Waals surface area contributed by atoms with Crippen LogP contribution in [0.25, 0.3) is 0 Å². The molecule has 3 N–H and O–H groups in total. The van der Waals surface area contributed by atoms with Crippen molar-refractivity contribution in [3.8, 4) is 0 Å². The number of rotatable bonds is 7. The van der Waals surface area contributed by atoms with Gasteiger partial charge in [0.25, 0.3) is 0 Å². The minimum atomic E-state index is -3.61. The SMILES string of the molecule is CCNc1ccccc1S(=O)(=O)NCCNC(=O)N(C)C. The number of nitrogens with one attached hydrogen (secondary N) is 3. The van der Waals surface area contributed by atoms with E-state index in [9.17, 15) is 13.2 Å². The number of nitrogens with zero attached hydrogens (tertiary/aromatic N) is 1. The molecule has 0 heterocycles. The maximum atomic E-state index is 12.2. The number of urea groups is 1. The van der Waals surface area contributed by atoms with Gasteiger partial charge in [-0.25, -0.2) is 17.9 Å². The number of hydrogen-bond acceptors (Lipinski definition) is 4. The number of amides is 2. The molecule has 0 unspecified atom stereocenters. The fraction of sp³-hybridized carbons (Fsp3) is 0.462. The molecule has 0 aliphatic carbocycles. The highest BCUT2D eigenvalue weighted by molar-refractivity contribution is 7.89. The third-order valence-corrected chi connectivity index (χ3v) is 4.16. The molecular weight excluding hydrogens is 292 g/mol. The van der Waals surface area contributed by atoms with Crippen LogP contribution < -0.4 is 15.4 Å². The number of sulfonamides is 1. The first-order chi connectivity index (χ1) is 9.88. The quantitative estimate of drug-likeness (QED) is 0.645. The first-order valence-corrected chi connectivity index (χ1v) is 8.14. The lowest BCUT2D eigenvalue weighted by Crippen LogP contribution is -2.39. The summed E-state index contributed by atoms with van der Waals surface area (Å²) in [5.41, 5.74) is 0.560. The summed E-state index contributed by atoms with van der Waals surface area (Å²) in [6.07, 6.45) is 0. The van der Waals surface area contributed by atoms with Crippen molar-refractivity contribution < 1.29 is 13.2 Å². The van der Waals surface area contributed by atoms with Crippen LogP contribution in [0.4, 0.5) is 10.5 Å². The van der Waals surface area contributed by atoms with Gasteiger partial charge in [-0.2, -0.15) is 0 Å². The Balaban J connectivity index is 2.64. The highest BCUT2D eigenvalue weighted by Crippen LogP contribution is 2.19. The molecule has 0 aliphatic rings. The van der Waals surface area contributed by atoms with Gasteiger partial charge < -0.3 is 15.5 Å². The first kappa shape index (κ1) is 17.3. The predicted molar refractivity (Wildman–Crippen MR) is 82.9 cm³/mol. The van der Waals surface area contributed by atoms with E-state index in [1.165, 1.54) is 4.90 Å². The summed E-state index contributed by atoms with van der Waals surface area (Å²) >= 11 is 0. The molecule has 7 nitrogen and oxygen atoms in total. The average Bonchev–Trinajstić information content (AvgIpc) is 2.44. The van der Waals surface area contributed by atoms with Crippen molar-refractivity contribution in [3.63, 3.8) is 0 Å². The van der Waals surface area contributed by atoms with Crippen molar-refractivity contribution >= 4 is 21.7 Å². The van der Waals surface area contributed by atoms with Gasteiger partial charge >= 0.3 is 6.03 Å². The fourth-order valence-electron chi connectivity index (χ4n) is 1.63. The molecule has 0 spiro atoms. The Labute approximate surface area is 125 Å². The maximum absolute atomic E-state index is 12.2. The second-order valence-electron chi connectivity index (χ2n) is 4.55. The van der Waals surface area contributed by atoms with E-state index in [2.05, 4.69) is 15.4 Å². The normalized spacial score (nSPS) is 11.0. The lowest BCUT2D eigenvalue weighted by Gasteiger charge is -2.14. The lowest BCUT2D eigenvalue weighted by atomic mass is 10.3. The second kappa shape index (κ2) is 7.84. The van der Waals surface area contributed by atoms with Crippen molar-refractivity contribution in [1.82, 2.24) is 14.9 Å². The molecule has 0 saturated carbocycles. The Morgan fingerprint density at radius 3 is 2.48 bits per heavy atom. The lowest BCUT2D eigenvalue weighted by molar-refractivity contribution is 0.217. The fourth-order valence-corrected chi connectivity index (χ4v) is 2.84. The minimum absolute atomic E-state index is 0.127. The number of carbonyl (C=O) groups excluding carboxylic acids is 1. The summed E-state index contributed by atoms with van der Waals surface area (Å²) in [6, 6.07) is 6.43. The van der Waals surface area contributed by atoms with Crippen LogP contribution in [0.5, 0.6) is 0 Å². The summed E-state index contributed by atoms with van der Waals surface area (Å²) in [5.74, 6) is 0. The molecule has 0 aromatic heterocycles. The van der Waals surface area contributed by atoms with Gasteiger partial charge in [0, 0.05) is 33.7 Å². The standard InChI is InChI=1S/C13H22N4O3S/c1-4-14-11-7-5-6-8-12(11)21(19,20)16-10-9-15-13(18)17(2)3/h5-8,14,16H,4,9-10H2,1-3H3,(H,15,18). The van der Waals surface area contributed by atoms with Crippen LogP contribution in [0.15, 0.2) is 29.2 Å². The van der Waals surface area contributed by atoms with Gasteiger partial charge in [0.1, 0.15) is 4.90 Å². The van der Waals surface area contributed by atoms with Gasteiger partial charge in [-0.05, 0) is 19.1 Å². The number of para-hydroxylation sites is 1. The Morgan fingerprint density at radius 2 is 1.86 bits per heavy atom. The number of benzene rings is 1. The third kappa shape index (κ3) is 5.24. The molecule has 1 aromatic rings. The number of carbonyl (C=O) groups is 1. The molecule has 118 valence electrons. The van der Waals surface area contributed by atoms with Crippen LogP contribution in [-0.2, 0) is 10.0 Å². The second-order valence-corrected chi connectivity index (χ2v) is 6.29. The molecule has 1 rings (SSSR count). The van der Waals surface area contributed by atoms with Crippen LogP contribution in [0.1, 0.15) is 6.92 Å². The van der Waals surface area contributed by atoms with E-state index >= 15 is 0 Å². The van der Waals surface area contributed by atoms with E-state index in [0.29, 0.717) is 12.2 Å². The topological polar surface area (TPSA) is 90.5 Å². The molecular formula is C13H22N4O3S. The molecule has 0 atom stereocenters. The average molecular weight is 314 g/mol. The largest absolute Gasteiger partial charge is 0.384 e. The Bertz CT molecular complexity index is 573. The summed E-state index contributed by atoms with van der Waals surface area (Å²) in [7, 11) is -0.374. The van der Waals surface area contributed by atoms with E-state index in [4.69, 9.17) is 0 Å². The van der Waals surface area contributed by atoms with Crippen LogP contribution in [0.2, 0.25) is 0 Å². The summed E-state index contributed by atoms with van der Waals surface area (Å²) in [5, 5.41) is 5.60. The van der Waals surface area contributed by atoms with Crippen LogP contribution >= 0.6 is 0 Å². The predicted octanol–water partition coefficient (Wildman–Crippen LogP) is 0.668. The van der Waals surface area contributed by atoms with Crippen LogP contribution in [-0.4, -0.2) is 53.1 Å². The van der Waals surface area contributed by atoms with Gasteiger partial charge in [0.15, 0.2) is 0 Å². The molecule has 21 heavy (non-hydrogen) atoms. The zero-order chi connectivity index (χ0) is 15.9. The van der Waals surface area contributed by atoms with E-state index < -0.39 is 10.0 Å². The molecule has 1 aromatic carbocycles. The zero-order valence-electron chi connectivity index (χ0n) is 12.5. The molecule has 0 aliphatic heterocycles. The highest BCUT2D eigenvalue weighted by atomic mass is 32.2. The van der Waals surface area contributed by atoms with E-state index in [1.54, 1.807) is 38.4 Å².